The van der Waals surface area contributed by atoms with E-state index in [1.54, 1.807) is 12.3 Å². The van der Waals surface area contributed by atoms with E-state index in [1.807, 2.05) is 6.92 Å². The van der Waals surface area contributed by atoms with Crippen molar-refractivity contribution in [3.8, 4) is 5.75 Å². The predicted octanol–water partition coefficient (Wildman–Crippen LogP) is 0.588. The van der Waals surface area contributed by atoms with Crippen molar-refractivity contribution < 1.29 is 10.2 Å². The maximum absolute atomic E-state index is 9.07. The maximum atomic E-state index is 9.07. The first-order valence-electron chi connectivity index (χ1n) is 2.99. The zero-order valence-electron chi connectivity index (χ0n) is 5.70. The first-order chi connectivity index (χ1) is 4.74. The second-order valence-electron chi connectivity index (χ2n) is 2.14. The molecule has 54 valence electrons. The topological polar surface area (TPSA) is 53.4 Å². The van der Waals surface area contributed by atoms with E-state index in [-0.39, 0.29) is 12.4 Å². The fourth-order valence-electron chi connectivity index (χ4n) is 0.704. The Balaban J connectivity index is 3.07. The molecule has 0 aliphatic heterocycles. The minimum Gasteiger partial charge on any atom is -0.506 e. The molecule has 0 aliphatic rings. The Kier molecular flexibility index (Phi) is 1.87. The molecule has 1 aromatic heterocycles. The lowest BCUT2D eigenvalue weighted by atomic mass is 10.2. The van der Waals surface area contributed by atoms with Crippen molar-refractivity contribution in [3.63, 3.8) is 0 Å². The highest BCUT2D eigenvalue weighted by atomic mass is 16.3. The third kappa shape index (κ3) is 1.25. The standard InChI is InChI=1S/C7H9NO2/c1-5-2-7(10)6(4-9)8-3-5/h2-3,9-10H,4H2,1H3. The van der Waals surface area contributed by atoms with Crippen LogP contribution in [0.4, 0.5) is 0 Å². The number of hydrogen-bond acceptors (Lipinski definition) is 3. The van der Waals surface area contributed by atoms with Gasteiger partial charge in [0.1, 0.15) is 11.4 Å². The van der Waals surface area contributed by atoms with E-state index >= 15 is 0 Å². The number of aliphatic hydroxyl groups is 1. The Morgan fingerprint density at radius 2 is 2.30 bits per heavy atom. The largest absolute Gasteiger partial charge is 0.506 e. The van der Waals surface area contributed by atoms with Gasteiger partial charge in [-0.3, -0.25) is 4.98 Å². The van der Waals surface area contributed by atoms with Crippen molar-refractivity contribution in [2.75, 3.05) is 0 Å². The summed E-state index contributed by atoms with van der Waals surface area (Å²) in [5.74, 6) is 0.0579. The molecule has 0 saturated carbocycles. The molecule has 1 heterocycles. The molecule has 0 amide bonds. The van der Waals surface area contributed by atoms with Crippen molar-refractivity contribution in [3.05, 3.63) is 23.5 Å². The summed E-state index contributed by atoms with van der Waals surface area (Å²) in [6.07, 6.45) is 1.60. The Labute approximate surface area is 59.0 Å². The van der Waals surface area contributed by atoms with E-state index in [0.717, 1.165) is 5.56 Å². The average molecular weight is 139 g/mol. The molecule has 1 aromatic rings. The van der Waals surface area contributed by atoms with Gasteiger partial charge in [0.05, 0.1) is 6.61 Å². The van der Waals surface area contributed by atoms with Crippen LogP contribution in [0.25, 0.3) is 0 Å². The van der Waals surface area contributed by atoms with Crippen LogP contribution in [-0.2, 0) is 6.61 Å². The van der Waals surface area contributed by atoms with Crippen LogP contribution in [0.2, 0.25) is 0 Å². The average Bonchev–Trinajstić information content (AvgIpc) is 1.88. The van der Waals surface area contributed by atoms with Crippen LogP contribution < -0.4 is 0 Å². The number of aryl methyl sites for hydroxylation is 1. The van der Waals surface area contributed by atoms with Crippen molar-refractivity contribution in [1.29, 1.82) is 0 Å². The normalized spacial score (nSPS) is 9.80. The third-order valence-corrected chi connectivity index (χ3v) is 1.23. The predicted molar refractivity (Wildman–Crippen MR) is 36.6 cm³/mol. The third-order valence-electron chi connectivity index (χ3n) is 1.23. The summed E-state index contributed by atoms with van der Waals surface area (Å²) < 4.78 is 0. The van der Waals surface area contributed by atoms with Gasteiger partial charge in [-0.1, -0.05) is 0 Å². The van der Waals surface area contributed by atoms with Gasteiger partial charge in [0.2, 0.25) is 0 Å². The maximum Gasteiger partial charge on any atom is 0.139 e. The van der Waals surface area contributed by atoms with E-state index in [9.17, 15) is 0 Å². The fraction of sp³-hybridized carbons (Fsp3) is 0.286. The van der Waals surface area contributed by atoms with Crippen molar-refractivity contribution >= 4 is 0 Å². The molecule has 2 N–H and O–H groups in total. The van der Waals surface area contributed by atoms with Crippen molar-refractivity contribution in [2.24, 2.45) is 0 Å². The molecular formula is C7H9NO2. The number of aliphatic hydroxyl groups excluding tert-OH is 1. The van der Waals surface area contributed by atoms with Crippen LogP contribution in [0.15, 0.2) is 12.3 Å². The van der Waals surface area contributed by atoms with Gasteiger partial charge in [-0.15, -0.1) is 0 Å². The van der Waals surface area contributed by atoms with E-state index in [4.69, 9.17) is 10.2 Å². The number of aromatic hydroxyl groups is 1. The lowest BCUT2D eigenvalue weighted by Crippen LogP contribution is -1.89. The Bertz CT molecular complexity index is 235. The molecule has 1 rings (SSSR count). The molecule has 0 saturated heterocycles. The lowest BCUT2D eigenvalue weighted by molar-refractivity contribution is 0.270. The van der Waals surface area contributed by atoms with E-state index in [0.29, 0.717) is 5.69 Å². The zero-order chi connectivity index (χ0) is 7.56. The van der Waals surface area contributed by atoms with Crippen LogP contribution >= 0.6 is 0 Å². The van der Waals surface area contributed by atoms with Crippen LogP contribution in [0.3, 0.4) is 0 Å². The molecule has 10 heavy (non-hydrogen) atoms. The molecule has 0 radical (unpaired) electrons. The van der Waals surface area contributed by atoms with E-state index in [1.165, 1.54) is 0 Å². The van der Waals surface area contributed by atoms with Gasteiger partial charge in [-0.2, -0.15) is 0 Å². The van der Waals surface area contributed by atoms with Gasteiger partial charge < -0.3 is 10.2 Å². The summed E-state index contributed by atoms with van der Waals surface area (Å²) in [4.78, 5) is 3.80. The summed E-state index contributed by atoms with van der Waals surface area (Å²) in [5, 5.41) is 17.7. The van der Waals surface area contributed by atoms with Crippen LogP contribution in [0.5, 0.6) is 5.75 Å². The first kappa shape index (κ1) is 7.02. The summed E-state index contributed by atoms with van der Waals surface area (Å²) in [6, 6.07) is 1.57. The van der Waals surface area contributed by atoms with Crippen molar-refractivity contribution in [2.45, 2.75) is 13.5 Å². The van der Waals surface area contributed by atoms with Gasteiger partial charge in [-0.25, -0.2) is 0 Å². The van der Waals surface area contributed by atoms with Crippen LogP contribution in [-0.4, -0.2) is 15.2 Å². The van der Waals surface area contributed by atoms with Gasteiger partial charge >= 0.3 is 0 Å². The van der Waals surface area contributed by atoms with Crippen LogP contribution in [0.1, 0.15) is 11.3 Å². The highest BCUT2D eigenvalue weighted by Gasteiger charge is 1.98. The highest BCUT2D eigenvalue weighted by Crippen LogP contribution is 2.14. The molecule has 0 aliphatic carbocycles. The van der Waals surface area contributed by atoms with Crippen molar-refractivity contribution in [1.82, 2.24) is 4.98 Å². The van der Waals surface area contributed by atoms with E-state index in [2.05, 4.69) is 4.98 Å². The van der Waals surface area contributed by atoms with Gasteiger partial charge in [0, 0.05) is 6.20 Å². The SMILES string of the molecule is Cc1cnc(CO)c(O)c1. The number of pyridine rings is 1. The fourth-order valence-corrected chi connectivity index (χ4v) is 0.704. The summed E-state index contributed by atoms with van der Waals surface area (Å²) in [5.41, 5.74) is 1.21. The number of aromatic nitrogens is 1. The monoisotopic (exact) mass is 139 g/mol. The van der Waals surface area contributed by atoms with Gasteiger partial charge in [0.25, 0.3) is 0 Å². The minimum absolute atomic E-state index is 0.0579. The van der Waals surface area contributed by atoms with Gasteiger partial charge in [0.15, 0.2) is 0 Å². The summed E-state index contributed by atoms with van der Waals surface area (Å²) >= 11 is 0. The number of nitrogens with zero attached hydrogens (tertiary/aromatic N) is 1. The summed E-state index contributed by atoms with van der Waals surface area (Å²) in [7, 11) is 0. The highest BCUT2D eigenvalue weighted by molar-refractivity contribution is 5.28. The molecule has 3 nitrogen and oxygen atoms in total. The zero-order valence-corrected chi connectivity index (χ0v) is 5.70. The lowest BCUT2D eigenvalue weighted by Gasteiger charge is -1.98. The quantitative estimate of drug-likeness (QED) is 0.598. The number of rotatable bonds is 1. The minimum atomic E-state index is -0.216. The molecule has 0 unspecified atom stereocenters. The smallest absolute Gasteiger partial charge is 0.139 e. The van der Waals surface area contributed by atoms with Gasteiger partial charge in [-0.05, 0) is 18.6 Å². The molecule has 0 fully saturated rings. The Morgan fingerprint density at radius 3 is 2.80 bits per heavy atom. The Morgan fingerprint density at radius 1 is 1.60 bits per heavy atom. The van der Waals surface area contributed by atoms with E-state index < -0.39 is 0 Å². The Hall–Kier alpha value is -1.09. The molecule has 0 aromatic carbocycles. The first-order valence-corrected chi connectivity index (χ1v) is 2.99. The second kappa shape index (κ2) is 2.66. The van der Waals surface area contributed by atoms with Crippen LogP contribution in [0, 0.1) is 6.92 Å². The number of hydrogen-bond donors (Lipinski definition) is 2. The molecule has 0 atom stereocenters. The summed E-state index contributed by atoms with van der Waals surface area (Å²) in [6.45, 7) is 1.61. The second-order valence-corrected chi connectivity index (χ2v) is 2.14. The molecule has 0 bridgehead atoms. The molecule has 3 heteroatoms. The molecule has 0 spiro atoms. The molecular weight excluding hydrogens is 130 g/mol.